The number of anilines is 2. The summed E-state index contributed by atoms with van der Waals surface area (Å²) in [6, 6.07) is 11.8. The van der Waals surface area contributed by atoms with Crippen LogP contribution in [0, 0.1) is 0 Å². The topological polar surface area (TPSA) is 75.9 Å². The van der Waals surface area contributed by atoms with Crippen LogP contribution in [0.1, 0.15) is 6.42 Å². The molecule has 0 bridgehead atoms. The van der Waals surface area contributed by atoms with Gasteiger partial charge in [0.05, 0.1) is 31.2 Å². The maximum atomic E-state index is 6.10. The molecular weight excluding hydrogens is 418 g/mol. The van der Waals surface area contributed by atoms with Gasteiger partial charge in [-0.2, -0.15) is 0 Å². The van der Waals surface area contributed by atoms with Crippen molar-refractivity contribution in [3.63, 3.8) is 0 Å². The molecule has 3 heterocycles. The van der Waals surface area contributed by atoms with Gasteiger partial charge in [-0.1, -0.05) is 12.1 Å². The second kappa shape index (κ2) is 9.64. The van der Waals surface area contributed by atoms with Gasteiger partial charge in [0.15, 0.2) is 17.1 Å². The fraction of sp³-hybridized carbons (Fsp3) is 0.360. The Bertz CT molecular complexity index is 1230. The van der Waals surface area contributed by atoms with Crippen LogP contribution >= 0.6 is 0 Å². The number of ether oxygens (including phenoxy) is 2. The van der Waals surface area contributed by atoms with Crippen LogP contribution in [0.15, 0.2) is 53.4 Å². The van der Waals surface area contributed by atoms with Crippen LogP contribution in [0.2, 0.25) is 0 Å². The molecule has 0 unspecified atom stereocenters. The smallest absolute Gasteiger partial charge is 0.163 e. The zero-order chi connectivity index (χ0) is 22.6. The van der Waals surface area contributed by atoms with Gasteiger partial charge >= 0.3 is 0 Å². The number of aromatic nitrogens is 2. The number of rotatable bonds is 8. The van der Waals surface area contributed by atoms with Gasteiger partial charge in [-0.15, -0.1) is 0 Å². The summed E-state index contributed by atoms with van der Waals surface area (Å²) in [5, 5.41) is 5.27. The molecule has 4 aromatic rings. The van der Waals surface area contributed by atoms with Gasteiger partial charge in [-0.3, -0.25) is 0 Å². The lowest BCUT2D eigenvalue weighted by molar-refractivity contribution is 0.145. The van der Waals surface area contributed by atoms with E-state index in [0.717, 1.165) is 66.7 Å². The minimum atomic E-state index is 0.630. The summed E-state index contributed by atoms with van der Waals surface area (Å²) < 4.78 is 17.4. The SMILES string of the molecule is COc1cc2c(Nc3cccc4ccoc34)ncnc2cc1OCCCN1CCN(C)CC1. The van der Waals surface area contributed by atoms with Crippen molar-refractivity contribution in [2.45, 2.75) is 6.42 Å². The van der Waals surface area contributed by atoms with E-state index in [0.29, 0.717) is 23.9 Å². The van der Waals surface area contributed by atoms with Gasteiger partial charge in [0.2, 0.25) is 0 Å². The molecule has 1 aliphatic heterocycles. The fourth-order valence-corrected chi connectivity index (χ4v) is 4.20. The Morgan fingerprint density at radius 2 is 1.94 bits per heavy atom. The number of nitrogens with one attached hydrogen (secondary N) is 1. The maximum absolute atomic E-state index is 6.10. The van der Waals surface area contributed by atoms with Crippen molar-refractivity contribution < 1.29 is 13.9 Å². The first-order valence-electron chi connectivity index (χ1n) is 11.3. The fourth-order valence-electron chi connectivity index (χ4n) is 4.20. The number of benzene rings is 2. The van der Waals surface area contributed by atoms with Crippen molar-refractivity contribution in [1.29, 1.82) is 0 Å². The number of methoxy groups -OCH3 is 1. The minimum absolute atomic E-state index is 0.630. The highest BCUT2D eigenvalue weighted by atomic mass is 16.5. The minimum Gasteiger partial charge on any atom is -0.493 e. The predicted octanol–water partition coefficient (Wildman–Crippen LogP) is 4.14. The van der Waals surface area contributed by atoms with Crippen molar-refractivity contribution in [1.82, 2.24) is 19.8 Å². The molecule has 1 aliphatic rings. The van der Waals surface area contributed by atoms with Crippen LogP contribution in [0.3, 0.4) is 0 Å². The highest BCUT2D eigenvalue weighted by Crippen LogP contribution is 2.35. The summed E-state index contributed by atoms with van der Waals surface area (Å²) in [6.45, 7) is 6.17. The summed E-state index contributed by atoms with van der Waals surface area (Å²) in [5.41, 5.74) is 2.42. The number of furan rings is 1. The Hall–Kier alpha value is -3.36. The Kier molecular flexibility index (Phi) is 6.28. The number of para-hydroxylation sites is 1. The third-order valence-corrected chi connectivity index (χ3v) is 6.12. The Morgan fingerprint density at radius 1 is 1.06 bits per heavy atom. The molecule has 0 amide bonds. The van der Waals surface area contributed by atoms with E-state index in [1.54, 1.807) is 19.7 Å². The lowest BCUT2D eigenvalue weighted by atomic mass is 10.2. The lowest BCUT2D eigenvalue weighted by Gasteiger charge is -2.32. The quantitative estimate of drug-likeness (QED) is 0.404. The van der Waals surface area contributed by atoms with Crippen molar-refractivity contribution in [2.24, 2.45) is 0 Å². The third kappa shape index (κ3) is 4.72. The second-order valence-electron chi connectivity index (χ2n) is 8.36. The van der Waals surface area contributed by atoms with Gasteiger partial charge in [0.1, 0.15) is 12.1 Å². The van der Waals surface area contributed by atoms with Gasteiger partial charge in [-0.25, -0.2) is 9.97 Å². The van der Waals surface area contributed by atoms with E-state index in [9.17, 15) is 0 Å². The largest absolute Gasteiger partial charge is 0.493 e. The molecule has 2 aromatic heterocycles. The molecule has 1 N–H and O–H groups in total. The standard InChI is InChI=1S/C25H29N5O3/c1-29-9-11-30(12-10-29)8-4-13-32-23-16-21-19(15-22(23)31-2)25(27-17-26-21)28-20-6-3-5-18-7-14-33-24(18)20/h3,5-7,14-17H,4,8-13H2,1-2H3,(H,26,27,28). The summed E-state index contributed by atoms with van der Waals surface area (Å²) >= 11 is 0. The van der Waals surface area contributed by atoms with E-state index in [1.807, 2.05) is 36.4 Å². The average Bonchev–Trinajstić information content (AvgIpc) is 3.33. The van der Waals surface area contributed by atoms with Crippen LogP contribution in [-0.2, 0) is 0 Å². The van der Waals surface area contributed by atoms with E-state index < -0.39 is 0 Å². The van der Waals surface area contributed by atoms with E-state index in [4.69, 9.17) is 13.9 Å². The molecule has 0 radical (unpaired) electrons. The summed E-state index contributed by atoms with van der Waals surface area (Å²) in [4.78, 5) is 13.8. The van der Waals surface area contributed by atoms with E-state index in [1.165, 1.54) is 0 Å². The Balaban J connectivity index is 1.31. The monoisotopic (exact) mass is 447 g/mol. The van der Waals surface area contributed by atoms with E-state index in [-0.39, 0.29) is 0 Å². The second-order valence-corrected chi connectivity index (χ2v) is 8.36. The molecule has 0 aliphatic carbocycles. The van der Waals surface area contributed by atoms with Gasteiger partial charge in [-0.05, 0) is 31.7 Å². The zero-order valence-electron chi connectivity index (χ0n) is 19.1. The first-order chi connectivity index (χ1) is 16.2. The number of piperazine rings is 1. The molecular formula is C25H29N5O3. The van der Waals surface area contributed by atoms with Crippen LogP contribution in [-0.4, -0.2) is 73.3 Å². The molecule has 5 rings (SSSR count). The summed E-state index contributed by atoms with van der Waals surface area (Å²) in [5.74, 6) is 2.04. The summed E-state index contributed by atoms with van der Waals surface area (Å²) in [7, 11) is 3.83. The number of nitrogens with zero attached hydrogens (tertiary/aromatic N) is 4. The van der Waals surface area contributed by atoms with Gasteiger partial charge in [0, 0.05) is 49.6 Å². The van der Waals surface area contributed by atoms with Gasteiger partial charge < -0.3 is 29.0 Å². The number of fused-ring (bicyclic) bond motifs is 2. The maximum Gasteiger partial charge on any atom is 0.163 e. The third-order valence-electron chi connectivity index (χ3n) is 6.12. The number of hydrogen-bond donors (Lipinski definition) is 1. The number of hydrogen-bond acceptors (Lipinski definition) is 8. The van der Waals surface area contributed by atoms with Gasteiger partial charge in [0.25, 0.3) is 0 Å². The zero-order valence-corrected chi connectivity index (χ0v) is 19.1. The highest BCUT2D eigenvalue weighted by Gasteiger charge is 2.15. The first-order valence-corrected chi connectivity index (χ1v) is 11.3. The van der Waals surface area contributed by atoms with Crippen molar-refractivity contribution in [2.75, 3.05) is 58.8 Å². The van der Waals surface area contributed by atoms with Crippen LogP contribution in [0.4, 0.5) is 11.5 Å². The van der Waals surface area contributed by atoms with E-state index in [2.05, 4.69) is 32.1 Å². The Morgan fingerprint density at radius 3 is 2.79 bits per heavy atom. The van der Waals surface area contributed by atoms with Crippen LogP contribution in [0.25, 0.3) is 21.9 Å². The molecule has 0 atom stereocenters. The van der Waals surface area contributed by atoms with E-state index >= 15 is 0 Å². The molecule has 33 heavy (non-hydrogen) atoms. The molecule has 2 aromatic carbocycles. The molecule has 172 valence electrons. The molecule has 0 spiro atoms. The average molecular weight is 448 g/mol. The molecule has 0 saturated carbocycles. The van der Waals surface area contributed by atoms with Crippen LogP contribution < -0.4 is 14.8 Å². The molecule has 1 fully saturated rings. The van der Waals surface area contributed by atoms with Crippen LogP contribution in [0.5, 0.6) is 11.5 Å². The predicted molar refractivity (Wildman–Crippen MR) is 130 cm³/mol. The van der Waals surface area contributed by atoms with Crippen molar-refractivity contribution in [3.8, 4) is 11.5 Å². The summed E-state index contributed by atoms with van der Waals surface area (Å²) in [6.07, 6.45) is 4.20. The Labute approximate surface area is 193 Å². The molecule has 8 heteroatoms. The molecule has 8 nitrogen and oxygen atoms in total. The highest BCUT2D eigenvalue weighted by molar-refractivity contribution is 5.97. The van der Waals surface area contributed by atoms with Crippen molar-refractivity contribution >= 4 is 33.4 Å². The first kappa shape index (κ1) is 21.5. The number of likely N-dealkylation sites (N-methyl/N-ethyl adjacent to an activating group) is 1. The lowest BCUT2D eigenvalue weighted by Crippen LogP contribution is -2.44. The van der Waals surface area contributed by atoms with Crippen molar-refractivity contribution in [3.05, 3.63) is 49.0 Å². The molecule has 1 saturated heterocycles. The normalized spacial score (nSPS) is 15.2.